The highest BCUT2D eigenvalue weighted by molar-refractivity contribution is 6.34. The van der Waals surface area contributed by atoms with Gasteiger partial charge in [0, 0.05) is 10.6 Å². The Morgan fingerprint density at radius 1 is 0.343 bits per heavy atom. The summed E-state index contributed by atoms with van der Waals surface area (Å²) in [5, 5.41) is 10.7. The molecule has 0 nitrogen and oxygen atoms in total. The van der Waals surface area contributed by atoms with Crippen molar-refractivity contribution in [2.75, 3.05) is 0 Å². The Labute approximate surface area is 209 Å². The molecule has 0 fully saturated rings. The lowest BCUT2D eigenvalue weighted by molar-refractivity contribution is 1.64. The molecule has 0 heterocycles. The molecule has 0 saturated carbocycles. The van der Waals surface area contributed by atoms with Gasteiger partial charge in [-0.15, -0.1) is 0 Å². The van der Waals surface area contributed by atoms with Crippen molar-refractivity contribution in [3.05, 3.63) is 132 Å². The summed E-state index contributed by atoms with van der Waals surface area (Å²) in [5.74, 6) is 0. The topological polar surface area (TPSA) is 0 Å². The summed E-state index contributed by atoms with van der Waals surface area (Å²) < 4.78 is 0. The minimum atomic E-state index is 0.764. The van der Waals surface area contributed by atoms with Crippen molar-refractivity contribution in [2.24, 2.45) is 0 Å². The number of rotatable bonds is 2. The van der Waals surface area contributed by atoms with Crippen molar-refractivity contribution < 1.29 is 0 Å². The Kier molecular flexibility index (Phi) is 4.62. The second kappa shape index (κ2) is 7.98. The van der Waals surface area contributed by atoms with E-state index < -0.39 is 0 Å². The highest BCUT2D eigenvalue weighted by Crippen LogP contribution is 2.41. The Morgan fingerprint density at radius 3 is 1.37 bits per heavy atom. The SMILES string of the molecule is Clc1cc(-c2cc3ccccc3c3ccccc23)ccc1-c1cc2ccccc2c2ccccc12. The molecule has 7 rings (SSSR count). The van der Waals surface area contributed by atoms with Crippen LogP contribution in [0.5, 0.6) is 0 Å². The van der Waals surface area contributed by atoms with Crippen molar-refractivity contribution in [1.82, 2.24) is 0 Å². The third kappa shape index (κ3) is 3.22. The van der Waals surface area contributed by atoms with Crippen LogP contribution in [0.2, 0.25) is 5.02 Å². The quantitative estimate of drug-likeness (QED) is 0.223. The van der Waals surface area contributed by atoms with Crippen LogP contribution in [-0.2, 0) is 0 Å². The molecule has 1 heteroatoms. The van der Waals surface area contributed by atoms with E-state index in [-0.39, 0.29) is 0 Å². The van der Waals surface area contributed by atoms with Gasteiger partial charge in [0.1, 0.15) is 0 Å². The zero-order valence-corrected chi connectivity index (χ0v) is 19.8. The van der Waals surface area contributed by atoms with Crippen molar-refractivity contribution in [2.45, 2.75) is 0 Å². The third-order valence-electron chi connectivity index (χ3n) is 7.11. The lowest BCUT2D eigenvalue weighted by Crippen LogP contribution is -1.88. The van der Waals surface area contributed by atoms with Crippen LogP contribution in [0, 0.1) is 0 Å². The van der Waals surface area contributed by atoms with Crippen molar-refractivity contribution in [1.29, 1.82) is 0 Å². The molecule has 7 aromatic carbocycles. The molecular weight excluding hydrogens is 444 g/mol. The van der Waals surface area contributed by atoms with Gasteiger partial charge < -0.3 is 0 Å². The Balaban J connectivity index is 1.46. The van der Waals surface area contributed by atoms with Crippen LogP contribution in [0.4, 0.5) is 0 Å². The average molecular weight is 465 g/mol. The van der Waals surface area contributed by atoms with Gasteiger partial charge in [0.15, 0.2) is 0 Å². The molecule has 164 valence electrons. The second-order valence-corrected chi connectivity index (χ2v) is 9.48. The first-order chi connectivity index (χ1) is 17.3. The summed E-state index contributed by atoms with van der Waals surface area (Å²) in [7, 11) is 0. The van der Waals surface area contributed by atoms with E-state index in [1.807, 2.05) is 0 Å². The van der Waals surface area contributed by atoms with E-state index in [0.717, 1.165) is 16.1 Å². The molecule has 0 amide bonds. The number of fused-ring (bicyclic) bond motifs is 6. The maximum atomic E-state index is 7.03. The van der Waals surface area contributed by atoms with Crippen LogP contribution in [0.25, 0.3) is 65.3 Å². The molecule has 0 bridgehead atoms. The summed E-state index contributed by atoms with van der Waals surface area (Å²) in [4.78, 5) is 0. The van der Waals surface area contributed by atoms with E-state index in [1.165, 1.54) is 54.2 Å². The van der Waals surface area contributed by atoms with Crippen LogP contribution in [-0.4, -0.2) is 0 Å². The lowest BCUT2D eigenvalue weighted by atomic mass is 9.90. The molecule has 0 unspecified atom stereocenters. The van der Waals surface area contributed by atoms with E-state index in [2.05, 4.69) is 127 Å². The normalized spacial score (nSPS) is 11.6. The number of hydrogen-bond acceptors (Lipinski definition) is 0. The largest absolute Gasteiger partial charge is 0.0836 e. The Hall–Kier alpha value is -4.13. The predicted octanol–water partition coefficient (Wildman–Crippen LogP) is 10.3. The van der Waals surface area contributed by atoms with Crippen molar-refractivity contribution in [3.8, 4) is 22.3 Å². The van der Waals surface area contributed by atoms with Gasteiger partial charge in [-0.2, -0.15) is 0 Å². The number of benzene rings is 7. The van der Waals surface area contributed by atoms with Crippen LogP contribution >= 0.6 is 11.6 Å². The Morgan fingerprint density at radius 2 is 0.800 bits per heavy atom. The summed E-state index contributed by atoms with van der Waals surface area (Å²) >= 11 is 7.03. The van der Waals surface area contributed by atoms with Gasteiger partial charge in [0.2, 0.25) is 0 Å². The van der Waals surface area contributed by atoms with Gasteiger partial charge in [-0.1, -0.05) is 121 Å². The van der Waals surface area contributed by atoms with Gasteiger partial charge in [0.25, 0.3) is 0 Å². The van der Waals surface area contributed by atoms with Crippen molar-refractivity contribution in [3.63, 3.8) is 0 Å². The summed E-state index contributed by atoms with van der Waals surface area (Å²) in [6, 6.07) is 45.4. The molecule has 7 aromatic rings. The predicted molar refractivity (Wildman–Crippen MR) is 152 cm³/mol. The summed E-state index contributed by atoms with van der Waals surface area (Å²) in [6.45, 7) is 0. The fourth-order valence-corrected chi connectivity index (χ4v) is 5.75. The van der Waals surface area contributed by atoms with E-state index in [1.54, 1.807) is 0 Å². The fraction of sp³-hybridized carbons (Fsp3) is 0. The van der Waals surface area contributed by atoms with Gasteiger partial charge in [-0.3, -0.25) is 0 Å². The zero-order valence-electron chi connectivity index (χ0n) is 19.0. The highest BCUT2D eigenvalue weighted by Gasteiger charge is 2.14. The van der Waals surface area contributed by atoms with Crippen LogP contribution in [0.1, 0.15) is 0 Å². The highest BCUT2D eigenvalue weighted by atomic mass is 35.5. The zero-order chi connectivity index (χ0) is 23.4. The van der Waals surface area contributed by atoms with Gasteiger partial charge in [-0.05, 0) is 78.0 Å². The molecule has 0 aliphatic heterocycles. The van der Waals surface area contributed by atoms with Crippen LogP contribution in [0.3, 0.4) is 0 Å². The second-order valence-electron chi connectivity index (χ2n) is 9.08. The molecule has 0 atom stereocenters. The summed E-state index contributed by atoms with van der Waals surface area (Å²) in [5.41, 5.74) is 4.56. The minimum absolute atomic E-state index is 0.764. The lowest BCUT2D eigenvalue weighted by Gasteiger charge is -2.15. The smallest absolute Gasteiger partial charge is 0.0490 e. The van der Waals surface area contributed by atoms with Crippen LogP contribution < -0.4 is 0 Å². The first kappa shape index (κ1) is 20.3. The fourth-order valence-electron chi connectivity index (χ4n) is 5.47. The van der Waals surface area contributed by atoms with Crippen LogP contribution in [0.15, 0.2) is 127 Å². The monoisotopic (exact) mass is 464 g/mol. The van der Waals surface area contributed by atoms with E-state index >= 15 is 0 Å². The molecule has 0 spiro atoms. The van der Waals surface area contributed by atoms with Gasteiger partial charge in [0.05, 0.1) is 0 Å². The first-order valence-electron chi connectivity index (χ1n) is 11.9. The van der Waals surface area contributed by atoms with E-state index in [9.17, 15) is 0 Å². The van der Waals surface area contributed by atoms with Gasteiger partial charge in [-0.25, -0.2) is 0 Å². The van der Waals surface area contributed by atoms with E-state index in [4.69, 9.17) is 11.6 Å². The maximum absolute atomic E-state index is 7.03. The third-order valence-corrected chi connectivity index (χ3v) is 7.42. The minimum Gasteiger partial charge on any atom is -0.0836 e. The standard InChI is InChI=1S/C34H21Cl/c35-34-21-24(32-19-22-9-1-3-11-25(22)27-13-5-7-15-29(27)32)17-18-31(34)33-20-23-10-2-4-12-26(23)28-14-6-8-16-30(28)33/h1-21H. The van der Waals surface area contributed by atoms with E-state index in [0.29, 0.717) is 0 Å². The molecule has 0 aromatic heterocycles. The maximum Gasteiger partial charge on any atom is 0.0490 e. The summed E-state index contributed by atoms with van der Waals surface area (Å²) in [6.07, 6.45) is 0. The molecule has 0 saturated heterocycles. The first-order valence-corrected chi connectivity index (χ1v) is 12.3. The molecule has 0 radical (unpaired) electrons. The number of hydrogen-bond donors (Lipinski definition) is 0. The average Bonchev–Trinajstić information content (AvgIpc) is 2.92. The number of halogens is 1. The van der Waals surface area contributed by atoms with Crippen molar-refractivity contribution >= 4 is 54.7 Å². The molecule has 0 aliphatic carbocycles. The molecule has 35 heavy (non-hydrogen) atoms. The Bertz CT molecular complexity index is 1910. The molecule has 0 aliphatic rings. The molecular formula is C34H21Cl. The molecule has 0 N–H and O–H groups in total. The van der Waals surface area contributed by atoms with Gasteiger partial charge >= 0.3 is 0 Å².